The third kappa shape index (κ3) is 6.66. The smallest absolute Gasteiger partial charge is 0.264 e. The number of rotatable bonds is 7. The minimum Gasteiger partial charge on any atom is -0.351 e. The summed E-state index contributed by atoms with van der Waals surface area (Å²) in [7, 11) is -4.05. The van der Waals surface area contributed by atoms with E-state index in [0.29, 0.717) is 24.2 Å². The van der Waals surface area contributed by atoms with E-state index in [4.69, 9.17) is 34.8 Å². The average Bonchev–Trinajstić information content (AvgIpc) is 2.82. The quantitative estimate of drug-likeness (QED) is 0.343. The molecule has 3 aromatic rings. The van der Waals surface area contributed by atoms with Crippen LogP contribution < -0.4 is 14.9 Å². The van der Waals surface area contributed by atoms with Gasteiger partial charge >= 0.3 is 0 Å². The number of nitrogens with zero attached hydrogens (tertiary/aromatic N) is 2. The molecule has 2 aromatic carbocycles. The number of amides is 2. The molecule has 0 bridgehead atoms. The molecule has 2 heterocycles. The highest BCUT2D eigenvalue weighted by molar-refractivity contribution is 7.92. The number of sulfonamides is 1. The number of benzene rings is 2. The van der Waals surface area contributed by atoms with Crippen molar-refractivity contribution in [2.75, 3.05) is 16.2 Å². The van der Waals surface area contributed by atoms with Gasteiger partial charge in [-0.15, -0.1) is 0 Å². The van der Waals surface area contributed by atoms with Crippen LogP contribution in [0.25, 0.3) is 0 Å². The van der Waals surface area contributed by atoms with Gasteiger partial charge in [0.2, 0.25) is 5.91 Å². The van der Waals surface area contributed by atoms with E-state index in [1.807, 2.05) is 13.8 Å². The van der Waals surface area contributed by atoms with Crippen molar-refractivity contribution in [2.24, 2.45) is 5.92 Å². The second-order valence-electron chi connectivity index (χ2n) is 10.1. The Morgan fingerprint density at radius 1 is 1.08 bits per heavy atom. The van der Waals surface area contributed by atoms with Crippen molar-refractivity contribution in [1.29, 1.82) is 0 Å². The highest BCUT2D eigenvalue weighted by atomic mass is 35.5. The van der Waals surface area contributed by atoms with Crippen LogP contribution >= 0.6 is 34.8 Å². The molecule has 1 aliphatic rings. The average molecular weight is 610 g/mol. The van der Waals surface area contributed by atoms with Crippen molar-refractivity contribution in [3.05, 3.63) is 81.1 Å². The van der Waals surface area contributed by atoms with E-state index in [1.54, 1.807) is 36.4 Å². The van der Waals surface area contributed by atoms with E-state index in [9.17, 15) is 18.0 Å². The maximum Gasteiger partial charge on any atom is 0.264 e. The molecule has 1 atom stereocenters. The van der Waals surface area contributed by atoms with Crippen LogP contribution in [-0.2, 0) is 21.2 Å². The van der Waals surface area contributed by atoms with Gasteiger partial charge in [-0.25, -0.2) is 8.42 Å². The zero-order valence-electron chi connectivity index (χ0n) is 21.5. The van der Waals surface area contributed by atoms with E-state index < -0.39 is 21.5 Å². The molecule has 8 nitrogen and oxygen atoms in total. The van der Waals surface area contributed by atoms with Crippen LogP contribution in [0.3, 0.4) is 0 Å². The molecule has 1 aliphatic heterocycles. The molecule has 2 N–H and O–H groups in total. The number of carbonyl (C=O) groups excluding carboxylic acids is 2. The van der Waals surface area contributed by atoms with Gasteiger partial charge in [-0.3, -0.25) is 18.9 Å². The van der Waals surface area contributed by atoms with Crippen molar-refractivity contribution in [2.45, 2.75) is 44.0 Å². The number of anilines is 2. The van der Waals surface area contributed by atoms with Crippen LogP contribution in [0.2, 0.25) is 15.1 Å². The number of pyridine rings is 1. The van der Waals surface area contributed by atoms with Gasteiger partial charge < -0.3 is 10.6 Å². The molecule has 0 radical (unpaired) electrons. The summed E-state index contributed by atoms with van der Waals surface area (Å²) >= 11 is 18.5. The first-order valence-corrected chi connectivity index (χ1v) is 14.7. The molecule has 206 valence electrons. The van der Waals surface area contributed by atoms with Crippen LogP contribution in [0.15, 0.2) is 59.6 Å². The van der Waals surface area contributed by atoms with Gasteiger partial charge in [0.05, 0.1) is 43.8 Å². The maximum absolute atomic E-state index is 13.9. The van der Waals surface area contributed by atoms with Crippen molar-refractivity contribution in [3.63, 3.8) is 0 Å². The lowest BCUT2D eigenvalue weighted by atomic mass is 9.85. The van der Waals surface area contributed by atoms with Crippen molar-refractivity contribution >= 4 is 68.0 Å². The number of hydrogen-bond acceptors (Lipinski definition) is 5. The molecule has 0 aliphatic carbocycles. The molecule has 1 unspecified atom stereocenters. The third-order valence-corrected chi connectivity index (χ3v) is 8.91. The second kappa shape index (κ2) is 11.3. The van der Waals surface area contributed by atoms with Crippen molar-refractivity contribution < 1.29 is 18.0 Å². The first-order valence-electron chi connectivity index (χ1n) is 12.1. The molecule has 1 aromatic heterocycles. The maximum atomic E-state index is 13.9. The molecule has 2 amide bonds. The Morgan fingerprint density at radius 2 is 1.74 bits per heavy atom. The fraction of sp³-hybridized carbons (Fsp3) is 0.296. The fourth-order valence-corrected chi connectivity index (χ4v) is 7.30. The largest absolute Gasteiger partial charge is 0.351 e. The Kier molecular flexibility index (Phi) is 8.47. The standard InChI is InChI=1S/C27H27Cl3N4O4S/c1-16(35)33-27(2,3)13-17-10-23-24(34(15-17)39(37,38)20-7-4-6-18(28)11-20)12-19(14-31-23)32-26(36)25-21(29)8-5-9-22(25)30/h4-9,11-12,14,17H,10,13,15H2,1-3H3,(H,32,36)(H,33,35). The number of nitrogens with one attached hydrogen (secondary N) is 2. The molecule has 4 rings (SSSR count). The lowest BCUT2D eigenvalue weighted by Gasteiger charge is -2.38. The van der Waals surface area contributed by atoms with Crippen molar-refractivity contribution in [1.82, 2.24) is 10.3 Å². The topological polar surface area (TPSA) is 108 Å². The minimum absolute atomic E-state index is 0.0278. The van der Waals surface area contributed by atoms with Gasteiger partial charge in [-0.2, -0.15) is 0 Å². The summed E-state index contributed by atoms with van der Waals surface area (Å²) in [5, 5.41) is 6.29. The highest BCUT2D eigenvalue weighted by Crippen LogP contribution is 2.38. The van der Waals surface area contributed by atoms with Crippen LogP contribution in [0.4, 0.5) is 11.4 Å². The van der Waals surface area contributed by atoms with Crippen LogP contribution in [0.1, 0.15) is 43.2 Å². The summed E-state index contributed by atoms with van der Waals surface area (Å²) in [6.45, 7) is 5.37. The Labute approximate surface area is 242 Å². The third-order valence-electron chi connectivity index (χ3n) is 6.27. The number of halogens is 3. The van der Waals surface area contributed by atoms with E-state index in [-0.39, 0.29) is 49.6 Å². The zero-order valence-corrected chi connectivity index (χ0v) is 24.5. The summed E-state index contributed by atoms with van der Waals surface area (Å²) in [6, 6.07) is 12.3. The number of hydrogen-bond donors (Lipinski definition) is 2. The number of carbonyl (C=O) groups is 2. The molecule has 39 heavy (non-hydrogen) atoms. The van der Waals surface area contributed by atoms with Crippen LogP contribution in [0, 0.1) is 5.92 Å². The zero-order chi connectivity index (χ0) is 28.5. The van der Waals surface area contributed by atoms with E-state index in [1.165, 1.54) is 29.6 Å². The van der Waals surface area contributed by atoms with Gasteiger partial charge in [-0.1, -0.05) is 46.9 Å². The molecule has 0 spiro atoms. The lowest BCUT2D eigenvalue weighted by molar-refractivity contribution is -0.120. The molecular formula is C27H27Cl3N4O4S. The Bertz CT molecular complexity index is 1530. The molecular weight excluding hydrogens is 583 g/mol. The summed E-state index contributed by atoms with van der Waals surface area (Å²) < 4.78 is 29.1. The lowest BCUT2D eigenvalue weighted by Crippen LogP contribution is -2.47. The molecule has 0 saturated heterocycles. The Balaban J connectivity index is 1.73. The van der Waals surface area contributed by atoms with Gasteiger partial charge in [0.15, 0.2) is 0 Å². The Hall–Kier alpha value is -2.85. The van der Waals surface area contributed by atoms with E-state index in [2.05, 4.69) is 15.6 Å². The van der Waals surface area contributed by atoms with Crippen LogP contribution in [0.5, 0.6) is 0 Å². The monoisotopic (exact) mass is 608 g/mol. The summed E-state index contributed by atoms with van der Waals surface area (Å²) in [5.74, 6) is -0.873. The summed E-state index contributed by atoms with van der Waals surface area (Å²) in [4.78, 5) is 29.2. The molecule has 0 saturated carbocycles. The van der Waals surface area contributed by atoms with Gasteiger partial charge in [-0.05, 0) is 69.0 Å². The van der Waals surface area contributed by atoms with Crippen molar-refractivity contribution in [3.8, 4) is 0 Å². The first kappa shape index (κ1) is 29.1. The van der Waals surface area contributed by atoms with E-state index in [0.717, 1.165) is 0 Å². The first-order chi connectivity index (χ1) is 18.3. The van der Waals surface area contributed by atoms with Crippen LogP contribution in [-0.4, -0.2) is 37.3 Å². The number of fused-ring (bicyclic) bond motifs is 1. The number of aromatic nitrogens is 1. The SMILES string of the molecule is CC(=O)NC(C)(C)CC1Cc2ncc(NC(=O)c3c(Cl)cccc3Cl)cc2N(S(=O)(=O)c2cccc(Cl)c2)C1. The minimum atomic E-state index is -4.05. The highest BCUT2D eigenvalue weighted by Gasteiger charge is 2.37. The summed E-state index contributed by atoms with van der Waals surface area (Å²) in [6.07, 6.45) is 2.45. The summed E-state index contributed by atoms with van der Waals surface area (Å²) in [5.41, 5.74) is 0.692. The predicted molar refractivity (Wildman–Crippen MR) is 154 cm³/mol. The fourth-order valence-electron chi connectivity index (χ4n) is 4.87. The van der Waals surface area contributed by atoms with Gasteiger partial charge in [0.25, 0.3) is 15.9 Å². The Morgan fingerprint density at radius 3 is 2.38 bits per heavy atom. The molecule has 0 fully saturated rings. The van der Waals surface area contributed by atoms with E-state index >= 15 is 0 Å². The van der Waals surface area contributed by atoms with Gasteiger partial charge in [0.1, 0.15) is 0 Å². The predicted octanol–water partition coefficient (Wildman–Crippen LogP) is 5.97. The second-order valence-corrected chi connectivity index (χ2v) is 13.2. The molecule has 12 heteroatoms. The normalized spacial score (nSPS) is 15.4. The van der Waals surface area contributed by atoms with Gasteiger partial charge in [0, 0.05) is 24.0 Å².